The maximum absolute atomic E-state index is 13.7. The van der Waals surface area contributed by atoms with Crippen LogP contribution in [0.25, 0.3) is 0 Å². The highest BCUT2D eigenvalue weighted by Crippen LogP contribution is 2.24. The van der Waals surface area contributed by atoms with E-state index in [1.54, 1.807) is 36.4 Å². The molecule has 1 atom stereocenters. The number of benzene rings is 2. The standard InChI is InChI=1S/C22H26FN3O3/c1-24-13-16-7-6-12-26(14-16)22(28)17-8-2-5-11-20(17)29-15-21(27)25-19-10-4-3-9-18(19)23/h2-5,8-11,16,24H,6-7,12-15H2,1H3,(H,25,27). The minimum atomic E-state index is -0.516. The SMILES string of the molecule is CNCC1CCCN(C(=O)c2ccccc2OCC(=O)Nc2ccccc2F)C1. The number of carbonyl (C=O) groups is 2. The monoisotopic (exact) mass is 399 g/mol. The Morgan fingerprint density at radius 3 is 2.72 bits per heavy atom. The molecular formula is C22H26FN3O3. The molecular weight excluding hydrogens is 373 g/mol. The molecule has 6 nitrogen and oxygen atoms in total. The van der Waals surface area contributed by atoms with E-state index in [1.165, 1.54) is 12.1 Å². The number of hydrogen-bond donors (Lipinski definition) is 2. The summed E-state index contributed by atoms with van der Waals surface area (Å²) in [5, 5.41) is 5.64. The Balaban J connectivity index is 1.63. The lowest BCUT2D eigenvalue weighted by atomic mass is 9.97. The van der Waals surface area contributed by atoms with Gasteiger partial charge in [-0.05, 0) is 56.6 Å². The van der Waals surface area contributed by atoms with E-state index in [9.17, 15) is 14.0 Å². The second kappa shape index (κ2) is 10.0. The van der Waals surface area contributed by atoms with Crippen LogP contribution in [-0.2, 0) is 4.79 Å². The topological polar surface area (TPSA) is 70.7 Å². The Morgan fingerprint density at radius 1 is 1.17 bits per heavy atom. The first kappa shape index (κ1) is 20.8. The van der Waals surface area contributed by atoms with Gasteiger partial charge in [-0.2, -0.15) is 0 Å². The Kier molecular flexibility index (Phi) is 7.19. The lowest BCUT2D eigenvalue weighted by molar-refractivity contribution is -0.118. The van der Waals surface area contributed by atoms with E-state index in [4.69, 9.17) is 4.74 Å². The normalized spacial score (nSPS) is 16.3. The van der Waals surface area contributed by atoms with Crippen molar-refractivity contribution in [3.05, 3.63) is 59.9 Å². The molecule has 1 aliphatic rings. The summed E-state index contributed by atoms with van der Waals surface area (Å²) in [5.41, 5.74) is 0.519. The molecule has 1 unspecified atom stereocenters. The number of likely N-dealkylation sites (tertiary alicyclic amines) is 1. The zero-order chi connectivity index (χ0) is 20.6. The molecule has 0 bridgehead atoms. The number of anilines is 1. The van der Waals surface area contributed by atoms with Crippen LogP contribution in [0.5, 0.6) is 5.75 Å². The maximum Gasteiger partial charge on any atom is 0.262 e. The smallest absolute Gasteiger partial charge is 0.262 e. The first-order valence-electron chi connectivity index (χ1n) is 9.78. The number of nitrogens with zero attached hydrogens (tertiary/aromatic N) is 1. The summed E-state index contributed by atoms with van der Waals surface area (Å²) in [6.07, 6.45) is 2.06. The van der Waals surface area contributed by atoms with E-state index in [0.717, 1.165) is 19.4 Å². The van der Waals surface area contributed by atoms with E-state index in [1.807, 2.05) is 11.9 Å². The Bertz CT molecular complexity index is 857. The van der Waals surface area contributed by atoms with Gasteiger partial charge in [-0.15, -0.1) is 0 Å². The van der Waals surface area contributed by atoms with Gasteiger partial charge in [-0.3, -0.25) is 9.59 Å². The first-order valence-corrected chi connectivity index (χ1v) is 9.78. The molecule has 2 amide bonds. The third-order valence-electron chi connectivity index (χ3n) is 4.92. The van der Waals surface area contributed by atoms with Gasteiger partial charge in [-0.1, -0.05) is 24.3 Å². The average Bonchev–Trinajstić information content (AvgIpc) is 2.74. The average molecular weight is 399 g/mol. The summed E-state index contributed by atoms with van der Waals surface area (Å²) < 4.78 is 19.3. The number of ether oxygens (including phenoxy) is 1. The van der Waals surface area contributed by atoms with Crippen molar-refractivity contribution in [1.29, 1.82) is 0 Å². The summed E-state index contributed by atoms with van der Waals surface area (Å²) in [4.78, 5) is 27.0. The van der Waals surface area contributed by atoms with Crippen molar-refractivity contribution in [2.45, 2.75) is 12.8 Å². The van der Waals surface area contributed by atoms with Crippen LogP contribution in [0.2, 0.25) is 0 Å². The Morgan fingerprint density at radius 2 is 1.93 bits per heavy atom. The van der Waals surface area contributed by atoms with Crippen LogP contribution in [0.3, 0.4) is 0 Å². The fraction of sp³-hybridized carbons (Fsp3) is 0.364. The van der Waals surface area contributed by atoms with E-state index in [2.05, 4.69) is 10.6 Å². The summed E-state index contributed by atoms with van der Waals surface area (Å²) in [7, 11) is 1.91. The molecule has 2 aromatic rings. The molecule has 0 radical (unpaired) electrons. The van der Waals surface area contributed by atoms with Crippen molar-refractivity contribution in [1.82, 2.24) is 10.2 Å². The third kappa shape index (κ3) is 5.54. The van der Waals surface area contributed by atoms with Gasteiger partial charge >= 0.3 is 0 Å². The fourth-order valence-electron chi connectivity index (χ4n) is 3.54. The number of para-hydroxylation sites is 2. The van der Waals surface area contributed by atoms with Gasteiger partial charge in [0.25, 0.3) is 11.8 Å². The van der Waals surface area contributed by atoms with Crippen LogP contribution >= 0.6 is 0 Å². The molecule has 0 spiro atoms. The Labute approximate surface area is 170 Å². The van der Waals surface area contributed by atoms with Crippen LogP contribution in [0, 0.1) is 11.7 Å². The molecule has 1 aliphatic heterocycles. The highest BCUT2D eigenvalue weighted by molar-refractivity contribution is 5.97. The predicted molar refractivity (Wildman–Crippen MR) is 110 cm³/mol. The molecule has 1 heterocycles. The number of hydrogen-bond acceptors (Lipinski definition) is 4. The predicted octanol–water partition coefficient (Wildman–Crippen LogP) is 2.91. The van der Waals surface area contributed by atoms with Crippen molar-refractivity contribution >= 4 is 17.5 Å². The van der Waals surface area contributed by atoms with Gasteiger partial charge in [0.2, 0.25) is 0 Å². The van der Waals surface area contributed by atoms with Crippen molar-refractivity contribution in [3.63, 3.8) is 0 Å². The third-order valence-corrected chi connectivity index (χ3v) is 4.92. The summed E-state index contributed by atoms with van der Waals surface area (Å²) in [6.45, 7) is 1.96. The molecule has 1 saturated heterocycles. The number of carbonyl (C=O) groups excluding carboxylic acids is 2. The van der Waals surface area contributed by atoms with Crippen molar-refractivity contribution in [2.75, 3.05) is 38.6 Å². The summed E-state index contributed by atoms with van der Waals surface area (Å²) in [5.74, 6) is -0.341. The highest BCUT2D eigenvalue weighted by atomic mass is 19.1. The number of piperidine rings is 1. The molecule has 0 saturated carbocycles. The van der Waals surface area contributed by atoms with Crippen LogP contribution in [0.15, 0.2) is 48.5 Å². The number of rotatable bonds is 7. The number of nitrogens with one attached hydrogen (secondary N) is 2. The van der Waals surface area contributed by atoms with Crippen molar-refractivity contribution < 1.29 is 18.7 Å². The molecule has 29 heavy (non-hydrogen) atoms. The van der Waals surface area contributed by atoms with Crippen molar-refractivity contribution in [3.8, 4) is 5.75 Å². The van der Waals surface area contributed by atoms with E-state index in [-0.39, 0.29) is 18.2 Å². The van der Waals surface area contributed by atoms with Gasteiger partial charge in [-0.25, -0.2) is 4.39 Å². The molecule has 0 aliphatic carbocycles. The van der Waals surface area contributed by atoms with Gasteiger partial charge in [0.05, 0.1) is 11.3 Å². The number of amides is 2. The molecule has 2 N–H and O–H groups in total. The van der Waals surface area contributed by atoms with Crippen LogP contribution in [-0.4, -0.2) is 50.0 Å². The zero-order valence-electron chi connectivity index (χ0n) is 16.5. The van der Waals surface area contributed by atoms with Crippen LogP contribution < -0.4 is 15.4 Å². The molecule has 7 heteroatoms. The van der Waals surface area contributed by atoms with Crippen molar-refractivity contribution in [2.24, 2.45) is 5.92 Å². The van der Waals surface area contributed by atoms with Gasteiger partial charge < -0.3 is 20.3 Å². The van der Waals surface area contributed by atoms with E-state index < -0.39 is 11.7 Å². The minimum absolute atomic E-state index is 0.0920. The molecule has 3 rings (SSSR count). The summed E-state index contributed by atoms with van der Waals surface area (Å²) >= 11 is 0. The van der Waals surface area contributed by atoms with Gasteiger partial charge in [0.15, 0.2) is 6.61 Å². The summed E-state index contributed by atoms with van der Waals surface area (Å²) in [6, 6.07) is 12.8. The highest BCUT2D eigenvalue weighted by Gasteiger charge is 2.26. The second-order valence-electron chi connectivity index (χ2n) is 7.13. The maximum atomic E-state index is 13.7. The Hall–Kier alpha value is -2.93. The number of halogens is 1. The molecule has 1 fully saturated rings. The van der Waals surface area contributed by atoms with Crippen LogP contribution in [0.1, 0.15) is 23.2 Å². The molecule has 0 aromatic heterocycles. The quantitative estimate of drug-likeness (QED) is 0.751. The minimum Gasteiger partial charge on any atom is -0.483 e. The van der Waals surface area contributed by atoms with Gasteiger partial charge in [0, 0.05) is 13.1 Å². The van der Waals surface area contributed by atoms with E-state index in [0.29, 0.717) is 30.3 Å². The lowest BCUT2D eigenvalue weighted by Gasteiger charge is -2.33. The van der Waals surface area contributed by atoms with E-state index >= 15 is 0 Å². The lowest BCUT2D eigenvalue weighted by Crippen LogP contribution is -2.42. The fourth-order valence-corrected chi connectivity index (χ4v) is 3.54. The second-order valence-corrected chi connectivity index (χ2v) is 7.13. The van der Waals surface area contributed by atoms with Gasteiger partial charge in [0.1, 0.15) is 11.6 Å². The molecule has 154 valence electrons. The molecule has 2 aromatic carbocycles. The largest absolute Gasteiger partial charge is 0.483 e. The first-order chi connectivity index (χ1) is 14.1. The van der Waals surface area contributed by atoms with Crippen LogP contribution in [0.4, 0.5) is 10.1 Å². The zero-order valence-corrected chi connectivity index (χ0v) is 16.5.